The third-order valence-corrected chi connectivity index (χ3v) is 5.83. The normalized spacial score (nSPS) is 36.5. The van der Waals surface area contributed by atoms with Gasteiger partial charge in [0.25, 0.3) is 0 Å². The molecule has 2 nitrogen and oxygen atoms in total. The number of hydrogen-bond donors (Lipinski definition) is 1. The molecule has 2 rings (SSSR count). The predicted molar refractivity (Wildman–Crippen MR) is 88.1 cm³/mol. The molecule has 0 amide bonds. The standard InChI is InChI=1S/C18H36N2/c1-6-15-9-8-12-20(15)17-13-14(18(3,4)5)10-11-16(17)19-7-2/h14-17,19H,6-13H2,1-5H3. The number of rotatable bonds is 4. The van der Waals surface area contributed by atoms with Gasteiger partial charge in [0.2, 0.25) is 0 Å². The van der Waals surface area contributed by atoms with Crippen molar-refractivity contribution >= 4 is 0 Å². The Kier molecular flexibility index (Phi) is 5.53. The summed E-state index contributed by atoms with van der Waals surface area (Å²) < 4.78 is 0. The first-order chi connectivity index (χ1) is 9.47. The van der Waals surface area contributed by atoms with Crippen LogP contribution in [0.1, 0.15) is 73.1 Å². The average molecular weight is 280 g/mol. The van der Waals surface area contributed by atoms with Crippen molar-refractivity contribution < 1.29 is 0 Å². The fourth-order valence-corrected chi connectivity index (χ4v) is 4.53. The maximum Gasteiger partial charge on any atom is 0.0255 e. The smallest absolute Gasteiger partial charge is 0.0255 e. The number of nitrogens with one attached hydrogen (secondary N) is 1. The van der Waals surface area contributed by atoms with E-state index in [9.17, 15) is 0 Å². The third kappa shape index (κ3) is 3.57. The molecule has 1 saturated heterocycles. The van der Waals surface area contributed by atoms with Gasteiger partial charge in [-0.15, -0.1) is 0 Å². The molecule has 0 radical (unpaired) electrons. The summed E-state index contributed by atoms with van der Waals surface area (Å²) >= 11 is 0. The molecule has 118 valence electrons. The summed E-state index contributed by atoms with van der Waals surface area (Å²) in [5, 5.41) is 3.79. The highest BCUT2D eigenvalue weighted by Gasteiger charge is 2.41. The Morgan fingerprint density at radius 3 is 2.45 bits per heavy atom. The average Bonchev–Trinajstić information content (AvgIpc) is 2.86. The summed E-state index contributed by atoms with van der Waals surface area (Å²) in [7, 11) is 0. The van der Waals surface area contributed by atoms with Gasteiger partial charge in [0.1, 0.15) is 0 Å². The van der Waals surface area contributed by atoms with E-state index in [0.29, 0.717) is 5.41 Å². The molecule has 2 fully saturated rings. The molecule has 2 aliphatic rings. The lowest BCUT2D eigenvalue weighted by molar-refractivity contribution is 0.0504. The van der Waals surface area contributed by atoms with Gasteiger partial charge < -0.3 is 5.32 Å². The Hall–Kier alpha value is -0.0800. The van der Waals surface area contributed by atoms with Crippen LogP contribution < -0.4 is 5.32 Å². The van der Waals surface area contributed by atoms with Crippen LogP contribution in [0, 0.1) is 11.3 Å². The molecule has 1 saturated carbocycles. The zero-order valence-corrected chi connectivity index (χ0v) is 14.4. The van der Waals surface area contributed by atoms with Crippen molar-refractivity contribution in [2.75, 3.05) is 13.1 Å². The molecule has 0 spiro atoms. The second-order valence-electron chi connectivity index (χ2n) is 8.05. The Morgan fingerprint density at radius 1 is 1.10 bits per heavy atom. The Labute approximate surface area is 126 Å². The summed E-state index contributed by atoms with van der Waals surface area (Å²) in [5.74, 6) is 0.889. The molecule has 4 unspecified atom stereocenters. The van der Waals surface area contributed by atoms with E-state index < -0.39 is 0 Å². The number of hydrogen-bond acceptors (Lipinski definition) is 2. The summed E-state index contributed by atoms with van der Waals surface area (Å²) in [4.78, 5) is 2.87. The maximum absolute atomic E-state index is 3.79. The van der Waals surface area contributed by atoms with Gasteiger partial charge in [-0.2, -0.15) is 0 Å². The lowest BCUT2D eigenvalue weighted by Gasteiger charge is -2.47. The van der Waals surface area contributed by atoms with Crippen LogP contribution in [0.25, 0.3) is 0 Å². The third-order valence-electron chi connectivity index (χ3n) is 5.83. The molecule has 4 atom stereocenters. The van der Waals surface area contributed by atoms with Gasteiger partial charge in [0.05, 0.1) is 0 Å². The van der Waals surface area contributed by atoms with E-state index >= 15 is 0 Å². The molecular weight excluding hydrogens is 244 g/mol. The van der Waals surface area contributed by atoms with Crippen LogP contribution >= 0.6 is 0 Å². The predicted octanol–water partition coefficient (Wildman–Crippen LogP) is 4.05. The van der Waals surface area contributed by atoms with E-state index in [0.717, 1.165) is 30.6 Å². The molecule has 1 aliphatic heterocycles. The lowest BCUT2D eigenvalue weighted by Crippen LogP contribution is -2.55. The molecule has 1 heterocycles. The molecule has 1 aliphatic carbocycles. The number of nitrogens with zero attached hydrogens (tertiary/aromatic N) is 1. The van der Waals surface area contributed by atoms with E-state index in [1.165, 1.54) is 45.1 Å². The highest BCUT2D eigenvalue weighted by Crippen LogP contribution is 2.41. The lowest BCUT2D eigenvalue weighted by atomic mass is 9.69. The quantitative estimate of drug-likeness (QED) is 0.835. The van der Waals surface area contributed by atoms with Crippen LogP contribution in [0.4, 0.5) is 0 Å². The highest BCUT2D eigenvalue weighted by molar-refractivity contribution is 4.97. The van der Waals surface area contributed by atoms with Crippen molar-refractivity contribution in [3.05, 3.63) is 0 Å². The molecule has 20 heavy (non-hydrogen) atoms. The first kappa shape index (κ1) is 16.3. The van der Waals surface area contributed by atoms with E-state index in [-0.39, 0.29) is 0 Å². The summed E-state index contributed by atoms with van der Waals surface area (Å²) in [6.07, 6.45) is 8.34. The topological polar surface area (TPSA) is 15.3 Å². The van der Waals surface area contributed by atoms with Gasteiger partial charge in [0, 0.05) is 18.1 Å². The number of likely N-dealkylation sites (N-methyl/N-ethyl adjacent to an activating group) is 1. The van der Waals surface area contributed by atoms with Crippen molar-refractivity contribution in [1.82, 2.24) is 10.2 Å². The van der Waals surface area contributed by atoms with Crippen molar-refractivity contribution in [3.63, 3.8) is 0 Å². The minimum absolute atomic E-state index is 0.469. The SMILES string of the molecule is CCNC1CCC(C(C)(C)C)CC1N1CCCC1CC. The molecular formula is C18H36N2. The highest BCUT2D eigenvalue weighted by atomic mass is 15.2. The molecule has 0 aromatic carbocycles. The van der Waals surface area contributed by atoms with Crippen LogP contribution in [-0.4, -0.2) is 36.1 Å². The maximum atomic E-state index is 3.79. The second kappa shape index (κ2) is 6.79. The molecule has 0 aromatic rings. The molecule has 0 bridgehead atoms. The largest absolute Gasteiger partial charge is 0.313 e. The van der Waals surface area contributed by atoms with Crippen molar-refractivity contribution in [2.45, 2.75) is 91.3 Å². The minimum atomic E-state index is 0.469. The van der Waals surface area contributed by atoms with Gasteiger partial charge in [-0.05, 0) is 62.9 Å². The van der Waals surface area contributed by atoms with Crippen molar-refractivity contribution in [3.8, 4) is 0 Å². The van der Waals surface area contributed by atoms with E-state index in [2.05, 4.69) is 44.8 Å². The van der Waals surface area contributed by atoms with Gasteiger partial charge in [-0.25, -0.2) is 0 Å². The Balaban J connectivity index is 2.10. The van der Waals surface area contributed by atoms with Crippen LogP contribution in [0.15, 0.2) is 0 Å². The van der Waals surface area contributed by atoms with Crippen molar-refractivity contribution in [1.29, 1.82) is 0 Å². The summed E-state index contributed by atoms with van der Waals surface area (Å²) in [6, 6.07) is 2.35. The zero-order chi connectivity index (χ0) is 14.8. The van der Waals surface area contributed by atoms with Gasteiger partial charge >= 0.3 is 0 Å². The molecule has 1 N–H and O–H groups in total. The number of likely N-dealkylation sites (tertiary alicyclic amines) is 1. The first-order valence-electron chi connectivity index (χ1n) is 8.96. The fraction of sp³-hybridized carbons (Fsp3) is 1.00. The van der Waals surface area contributed by atoms with Crippen LogP contribution in [-0.2, 0) is 0 Å². The zero-order valence-electron chi connectivity index (χ0n) is 14.4. The molecule has 2 heteroatoms. The van der Waals surface area contributed by atoms with Crippen LogP contribution in [0.5, 0.6) is 0 Å². The monoisotopic (exact) mass is 280 g/mol. The molecule has 0 aromatic heterocycles. The van der Waals surface area contributed by atoms with E-state index in [1.54, 1.807) is 0 Å². The minimum Gasteiger partial charge on any atom is -0.313 e. The first-order valence-corrected chi connectivity index (χ1v) is 8.96. The Bertz CT molecular complexity index is 294. The van der Waals surface area contributed by atoms with Crippen LogP contribution in [0.2, 0.25) is 0 Å². The second-order valence-corrected chi connectivity index (χ2v) is 8.05. The van der Waals surface area contributed by atoms with Gasteiger partial charge in [0.15, 0.2) is 0 Å². The van der Waals surface area contributed by atoms with E-state index in [1.807, 2.05) is 0 Å². The van der Waals surface area contributed by atoms with E-state index in [4.69, 9.17) is 0 Å². The van der Waals surface area contributed by atoms with Gasteiger partial charge in [-0.1, -0.05) is 34.6 Å². The van der Waals surface area contributed by atoms with Crippen LogP contribution in [0.3, 0.4) is 0 Å². The van der Waals surface area contributed by atoms with Crippen molar-refractivity contribution in [2.24, 2.45) is 11.3 Å². The Morgan fingerprint density at radius 2 is 1.85 bits per heavy atom. The summed E-state index contributed by atoms with van der Waals surface area (Å²) in [5.41, 5.74) is 0.469. The summed E-state index contributed by atoms with van der Waals surface area (Å²) in [6.45, 7) is 14.4. The van der Waals surface area contributed by atoms with Gasteiger partial charge in [-0.3, -0.25) is 4.90 Å². The fourth-order valence-electron chi connectivity index (χ4n) is 4.53.